The van der Waals surface area contributed by atoms with E-state index >= 15 is 0 Å². The Hall–Kier alpha value is -3.28. The number of likely N-dealkylation sites (tertiary alicyclic amines) is 5. The van der Waals surface area contributed by atoms with E-state index in [0.717, 1.165) is 129 Å². The summed E-state index contributed by atoms with van der Waals surface area (Å²) >= 11 is 5.69. The van der Waals surface area contributed by atoms with Crippen LogP contribution in [0, 0.1) is 45.3 Å². The number of ether oxygens (including phenoxy) is 3. The molecule has 0 bridgehead atoms. The maximum Gasteiger partial charge on any atom is 0.410 e. The van der Waals surface area contributed by atoms with Gasteiger partial charge in [0.1, 0.15) is 16.8 Å². The van der Waals surface area contributed by atoms with E-state index in [1.54, 1.807) is 0 Å². The summed E-state index contributed by atoms with van der Waals surface area (Å²) in [5.74, 6) is 4.06. The summed E-state index contributed by atoms with van der Waals surface area (Å²) in [6.07, 6.45) is 36.4. The van der Waals surface area contributed by atoms with Gasteiger partial charge >= 0.3 is 18.3 Å². The number of carbonyl (C=O) groups excluding carboxylic acids is 6. The van der Waals surface area contributed by atoms with Crippen LogP contribution in [0.2, 0.25) is 0 Å². The van der Waals surface area contributed by atoms with Gasteiger partial charge in [-0.25, -0.2) is 14.4 Å². The Balaban J connectivity index is 0.000000427. The summed E-state index contributed by atoms with van der Waals surface area (Å²) in [4.78, 5) is 82.1. The average Bonchev–Trinajstić information content (AvgIpc) is 0.805. The second kappa shape index (κ2) is 40.2. The molecule has 6 aliphatic heterocycles. The lowest BCUT2D eigenvalue weighted by Crippen LogP contribution is -2.56. The van der Waals surface area contributed by atoms with Crippen LogP contribution in [0.5, 0.6) is 0 Å². The largest absolute Gasteiger partial charge is 0.444 e. The Labute approximate surface area is 591 Å². The Morgan fingerprint density at radius 1 is 0.463 bits per heavy atom. The Bertz CT molecular complexity index is 2250. The molecule has 0 radical (unpaired) electrons. The van der Waals surface area contributed by atoms with Crippen molar-refractivity contribution < 1.29 is 43.0 Å². The Morgan fingerprint density at radius 2 is 0.747 bits per heavy atom. The van der Waals surface area contributed by atoms with Gasteiger partial charge in [-0.3, -0.25) is 14.4 Å². The number of carbonyl (C=O) groups is 6. The topological polar surface area (TPSA) is 196 Å². The zero-order chi connectivity index (χ0) is 65.2. The van der Waals surface area contributed by atoms with E-state index in [9.17, 15) is 28.8 Å². The van der Waals surface area contributed by atoms with E-state index in [0.29, 0.717) is 67.4 Å². The van der Waals surface area contributed by atoms with Gasteiger partial charge in [-0.2, -0.15) is 0 Å². The smallest absolute Gasteiger partial charge is 0.410 e. The molecule has 4 aliphatic carbocycles. The minimum atomic E-state index is -0.468. The van der Waals surface area contributed by atoms with Gasteiger partial charge in [0, 0.05) is 97.1 Å². The molecule has 0 unspecified atom stereocenters. The van der Waals surface area contributed by atoms with Gasteiger partial charge in [-0.1, -0.05) is 107 Å². The van der Waals surface area contributed by atoms with Crippen molar-refractivity contribution in [1.82, 2.24) is 35.1 Å². The number of hydrogen-bond acceptors (Lipinski definition) is 11. The van der Waals surface area contributed by atoms with Crippen LogP contribution in [0.4, 0.5) is 14.4 Å². The number of hydrogen-bond donors (Lipinski definition) is 3. The molecule has 6 heterocycles. The standard InChI is InChI=1S/C20H35ClN2O3.C20H34N2O3.C17H32N2O2.C15H26N2O.4CH4.ClH/c1-19(2,3)26-18(25)23-13-10-20(11-14-23,15-22-17(24)9-12-21)16-7-5-4-6-8-16;1-19(2,3)25-18(24)21-13-10-20(11-14-21,15-22-12-9-17(22)23)16-7-5-4-6-8-16;1-16(2,3)21-15(20)19-11-9-17(13-18,10-12-19)14-7-5-4-6-8-14;18-14-6-11-17(14)12-15(7-9-16-10-8-15)13-4-2-1-3-5-13;;;;;/h16H,4-15H2,1-3H3,(H,22,24);16H,4-15H2,1-3H3;14H,4-13,18H2,1-3H3;13,16H,1-12H2;4*1H4;1H. The first-order chi connectivity index (χ1) is 42.7. The predicted molar refractivity (Wildman–Crippen MR) is 393 cm³/mol. The lowest BCUT2D eigenvalue weighted by molar-refractivity contribution is -0.144. The molecule has 4 saturated carbocycles. The van der Waals surface area contributed by atoms with E-state index in [1.807, 2.05) is 77.0 Å². The first kappa shape index (κ1) is 87.8. The minimum absolute atomic E-state index is 0. The number of alkyl halides is 1. The molecular formula is C76H144Cl2N8O9. The van der Waals surface area contributed by atoms with Crippen molar-refractivity contribution in [2.75, 3.05) is 97.5 Å². The number of rotatable bonds is 13. The van der Waals surface area contributed by atoms with E-state index in [2.05, 4.69) is 20.4 Å². The SMILES string of the molecule is C.C.C.C.CC(C)(C)OC(=O)N1CCC(CN)(C2CCCCC2)CC1.CC(C)(C)OC(=O)N1CCC(CN2CCC2=O)(C2CCCCC2)CC1.CC(C)(C)OC(=O)N1CCC(CNC(=O)CCCl)(C2CCCCC2)CC1.Cl.O=C1CCN1CC1(C2CCCCC2)CCNCC1. The van der Waals surface area contributed by atoms with E-state index in [-0.39, 0.29) is 82.5 Å². The Kier molecular flexibility index (Phi) is 37.2. The van der Waals surface area contributed by atoms with Gasteiger partial charge < -0.3 is 55.1 Å². The van der Waals surface area contributed by atoms with Crippen molar-refractivity contribution in [3.63, 3.8) is 0 Å². The van der Waals surface area contributed by atoms with Crippen molar-refractivity contribution in [2.45, 2.75) is 308 Å². The van der Waals surface area contributed by atoms with Crippen molar-refractivity contribution in [3.05, 3.63) is 0 Å². The van der Waals surface area contributed by atoms with Crippen LogP contribution in [0.3, 0.4) is 0 Å². The summed E-state index contributed by atoms with van der Waals surface area (Å²) in [6.45, 7) is 29.4. The fourth-order valence-corrected chi connectivity index (χ4v) is 17.5. The quantitative estimate of drug-likeness (QED) is 0.0901. The number of piperidine rings is 4. The summed E-state index contributed by atoms with van der Waals surface area (Å²) in [6, 6.07) is 0. The van der Waals surface area contributed by atoms with Crippen LogP contribution >= 0.6 is 24.0 Å². The highest BCUT2D eigenvalue weighted by molar-refractivity contribution is 6.18. The number of nitrogens with two attached hydrogens (primary N) is 1. The van der Waals surface area contributed by atoms with Crippen molar-refractivity contribution in [2.24, 2.45) is 51.1 Å². The predicted octanol–water partition coefficient (Wildman–Crippen LogP) is 16.8. The van der Waals surface area contributed by atoms with E-state index in [1.165, 1.54) is 141 Å². The minimum Gasteiger partial charge on any atom is -0.444 e. The maximum atomic E-state index is 12.4. The molecule has 0 spiro atoms. The molecule has 19 heteroatoms. The first-order valence-electron chi connectivity index (χ1n) is 36.4. The summed E-state index contributed by atoms with van der Waals surface area (Å²) < 4.78 is 16.5. The van der Waals surface area contributed by atoms with Crippen molar-refractivity contribution in [1.29, 1.82) is 0 Å². The highest BCUT2D eigenvalue weighted by Gasteiger charge is 2.48. The van der Waals surface area contributed by atoms with Crippen LogP contribution in [0.15, 0.2) is 0 Å². The third-order valence-corrected chi connectivity index (χ3v) is 23.2. The van der Waals surface area contributed by atoms with Gasteiger partial charge in [0.25, 0.3) is 0 Å². The Morgan fingerprint density at radius 3 is 1.02 bits per heavy atom. The molecule has 0 aromatic heterocycles. The second-order valence-electron chi connectivity index (χ2n) is 32.5. The third kappa shape index (κ3) is 26.0. The van der Waals surface area contributed by atoms with Gasteiger partial charge in [-0.15, -0.1) is 24.0 Å². The van der Waals surface area contributed by atoms with Crippen molar-refractivity contribution >= 4 is 60.0 Å². The molecule has 0 aromatic carbocycles. The fraction of sp³-hybridized carbons (Fsp3) is 0.921. The van der Waals surface area contributed by atoms with Crippen LogP contribution in [-0.4, -0.2) is 175 Å². The average molecular weight is 1380 g/mol. The van der Waals surface area contributed by atoms with Gasteiger partial charge in [0.05, 0.1) is 0 Å². The molecule has 0 aromatic rings. The molecule has 17 nitrogen and oxygen atoms in total. The molecule has 10 fully saturated rings. The van der Waals surface area contributed by atoms with E-state index < -0.39 is 16.8 Å². The number of halogens is 2. The zero-order valence-electron chi connectivity index (χ0n) is 58.6. The lowest BCUT2D eigenvalue weighted by Gasteiger charge is -2.51. The molecule has 10 aliphatic rings. The van der Waals surface area contributed by atoms with Gasteiger partial charge in [0.15, 0.2) is 0 Å². The number of β-lactam (4-membered cyclic amide) rings is 2. The molecule has 95 heavy (non-hydrogen) atoms. The zero-order valence-corrected chi connectivity index (χ0v) is 60.2. The molecular weight excluding hydrogens is 1240 g/mol. The monoisotopic (exact) mass is 1380 g/mol. The van der Waals surface area contributed by atoms with Crippen LogP contribution < -0.4 is 16.4 Å². The molecule has 6 amide bonds. The summed E-state index contributed by atoms with van der Waals surface area (Å²) in [5, 5.41) is 6.61. The van der Waals surface area contributed by atoms with Gasteiger partial charge in [0.2, 0.25) is 17.7 Å². The highest BCUT2D eigenvalue weighted by Crippen LogP contribution is 2.50. The maximum absolute atomic E-state index is 12.4. The normalized spacial score (nSPS) is 23.2. The van der Waals surface area contributed by atoms with Crippen LogP contribution in [-0.2, 0) is 28.6 Å². The van der Waals surface area contributed by atoms with Crippen LogP contribution in [0.25, 0.3) is 0 Å². The number of nitrogens with one attached hydrogen (secondary N) is 2. The van der Waals surface area contributed by atoms with Crippen molar-refractivity contribution in [3.8, 4) is 0 Å². The third-order valence-electron chi connectivity index (χ3n) is 23.0. The fourth-order valence-electron chi connectivity index (χ4n) is 17.3. The summed E-state index contributed by atoms with van der Waals surface area (Å²) in [7, 11) is 0. The molecule has 4 N–H and O–H groups in total. The van der Waals surface area contributed by atoms with Crippen LogP contribution in [0.1, 0.15) is 291 Å². The molecule has 0 atom stereocenters. The lowest BCUT2D eigenvalue weighted by atomic mass is 9.63. The first-order valence-corrected chi connectivity index (χ1v) is 37.0. The van der Waals surface area contributed by atoms with E-state index in [4.69, 9.17) is 31.5 Å². The highest BCUT2D eigenvalue weighted by atomic mass is 35.5. The number of nitrogens with zero attached hydrogens (tertiary/aromatic N) is 5. The van der Waals surface area contributed by atoms with Gasteiger partial charge in [-0.05, 0) is 230 Å². The summed E-state index contributed by atoms with van der Waals surface area (Å²) in [5.41, 5.74) is 5.84. The molecule has 556 valence electrons. The molecule has 10 rings (SSSR count). The second-order valence-corrected chi connectivity index (χ2v) is 32.9. The number of amides is 6. The molecule has 6 saturated heterocycles.